The number of rotatable bonds is 7. The molecule has 2 aromatic heterocycles. The Morgan fingerprint density at radius 2 is 1.84 bits per heavy atom. The maximum atomic E-state index is 12.6. The van der Waals surface area contributed by atoms with E-state index in [0.29, 0.717) is 34.4 Å². The van der Waals surface area contributed by atoms with Crippen molar-refractivity contribution in [2.24, 2.45) is 0 Å². The lowest BCUT2D eigenvalue weighted by atomic mass is 10.1. The molecule has 2 amide bonds. The van der Waals surface area contributed by atoms with Crippen LogP contribution in [0, 0.1) is 0 Å². The molecule has 0 unspecified atom stereocenters. The average Bonchev–Trinajstić information content (AvgIpc) is 3.16. The van der Waals surface area contributed by atoms with Crippen LogP contribution < -0.4 is 15.4 Å². The molecule has 0 spiro atoms. The molecule has 8 heteroatoms. The molecule has 0 aliphatic rings. The average molecular weight is 466 g/mol. The summed E-state index contributed by atoms with van der Waals surface area (Å²) in [6, 6.07) is 18.6. The van der Waals surface area contributed by atoms with E-state index in [-0.39, 0.29) is 17.5 Å². The normalized spacial score (nSPS) is 10.7. The third kappa shape index (κ3) is 4.90. The zero-order valence-corrected chi connectivity index (χ0v) is 18.8. The maximum Gasteiger partial charge on any atom is 0.269 e. The standard InChI is InChI=1S/C24H20ClN3O3S/c1-26-23(29)19-14-17(10-12-27-19)31-16-6-4-5-15(13-16)9-11-28-24(30)22-21(25)18-7-2-3-8-20(18)32-22/h2-8,10,12-14H,9,11H2,1H3,(H,26,29)(H,28,30). The zero-order valence-electron chi connectivity index (χ0n) is 17.2. The lowest BCUT2D eigenvalue weighted by molar-refractivity contribution is 0.0950. The number of pyridine rings is 1. The van der Waals surface area contributed by atoms with Crippen molar-refractivity contribution in [1.29, 1.82) is 0 Å². The largest absolute Gasteiger partial charge is 0.457 e. The van der Waals surface area contributed by atoms with Gasteiger partial charge in [0.2, 0.25) is 0 Å². The van der Waals surface area contributed by atoms with E-state index in [0.717, 1.165) is 15.6 Å². The van der Waals surface area contributed by atoms with Crippen molar-refractivity contribution in [3.8, 4) is 11.5 Å². The number of hydrogen-bond donors (Lipinski definition) is 2. The molecule has 0 fully saturated rings. The second-order valence-corrected chi connectivity index (χ2v) is 8.38. The van der Waals surface area contributed by atoms with Gasteiger partial charge in [0, 0.05) is 35.9 Å². The van der Waals surface area contributed by atoms with E-state index in [4.69, 9.17) is 16.3 Å². The number of halogens is 1. The highest BCUT2D eigenvalue weighted by Crippen LogP contribution is 2.35. The fourth-order valence-electron chi connectivity index (χ4n) is 3.19. The molecule has 2 N–H and O–H groups in total. The molecule has 0 radical (unpaired) electrons. The number of carbonyl (C=O) groups is 2. The zero-order chi connectivity index (χ0) is 22.5. The van der Waals surface area contributed by atoms with Gasteiger partial charge in [-0.05, 0) is 36.2 Å². The quantitative estimate of drug-likeness (QED) is 0.399. The molecule has 162 valence electrons. The van der Waals surface area contributed by atoms with Gasteiger partial charge >= 0.3 is 0 Å². The highest BCUT2D eigenvalue weighted by Gasteiger charge is 2.16. The van der Waals surface area contributed by atoms with Gasteiger partial charge in [0.15, 0.2) is 0 Å². The molecule has 0 aliphatic heterocycles. The first-order valence-corrected chi connectivity index (χ1v) is 11.1. The molecule has 6 nitrogen and oxygen atoms in total. The van der Waals surface area contributed by atoms with Crippen molar-refractivity contribution in [2.75, 3.05) is 13.6 Å². The summed E-state index contributed by atoms with van der Waals surface area (Å²) in [5.41, 5.74) is 1.29. The van der Waals surface area contributed by atoms with Gasteiger partial charge < -0.3 is 15.4 Å². The van der Waals surface area contributed by atoms with E-state index < -0.39 is 0 Å². The number of fused-ring (bicyclic) bond motifs is 1. The van der Waals surface area contributed by atoms with E-state index in [9.17, 15) is 9.59 Å². The minimum atomic E-state index is -0.279. The summed E-state index contributed by atoms with van der Waals surface area (Å²) in [5, 5.41) is 6.86. The Balaban J connectivity index is 1.37. The van der Waals surface area contributed by atoms with Gasteiger partial charge in [-0.3, -0.25) is 14.6 Å². The van der Waals surface area contributed by atoms with Crippen LogP contribution in [0.5, 0.6) is 11.5 Å². The lowest BCUT2D eigenvalue weighted by Gasteiger charge is -2.09. The minimum Gasteiger partial charge on any atom is -0.457 e. The van der Waals surface area contributed by atoms with E-state index in [1.54, 1.807) is 19.2 Å². The molecule has 0 saturated carbocycles. The second-order valence-electron chi connectivity index (χ2n) is 6.95. The van der Waals surface area contributed by atoms with Crippen molar-refractivity contribution < 1.29 is 14.3 Å². The number of aromatic nitrogens is 1. The highest BCUT2D eigenvalue weighted by molar-refractivity contribution is 7.21. The van der Waals surface area contributed by atoms with Crippen LogP contribution in [0.15, 0.2) is 66.9 Å². The number of carbonyl (C=O) groups excluding carboxylic acids is 2. The topological polar surface area (TPSA) is 80.3 Å². The molecule has 2 aromatic carbocycles. The Bertz CT molecular complexity index is 1290. The third-order valence-corrected chi connectivity index (χ3v) is 6.44. The Hall–Kier alpha value is -3.42. The molecule has 0 bridgehead atoms. The molecule has 0 saturated heterocycles. The number of thiophene rings is 1. The van der Waals surface area contributed by atoms with Crippen molar-refractivity contribution in [3.63, 3.8) is 0 Å². The van der Waals surface area contributed by atoms with Crippen LogP contribution in [-0.2, 0) is 6.42 Å². The maximum absolute atomic E-state index is 12.6. The number of nitrogens with one attached hydrogen (secondary N) is 2. The predicted octanol–water partition coefficient (Wildman–Crippen LogP) is 5.07. The summed E-state index contributed by atoms with van der Waals surface area (Å²) in [7, 11) is 1.55. The van der Waals surface area contributed by atoms with Gasteiger partial charge in [-0.15, -0.1) is 11.3 Å². The van der Waals surface area contributed by atoms with Crippen molar-refractivity contribution in [3.05, 3.63) is 88.0 Å². The smallest absolute Gasteiger partial charge is 0.269 e. The monoisotopic (exact) mass is 465 g/mol. The first kappa shape index (κ1) is 21.8. The third-order valence-electron chi connectivity index (χ3n) is 4.77. The van der Waals surface area contributed by atoms with Crippen molar-refractivity contribution >= 4 is 44.8 Å². The van der Waals surface area contributed by atoms with Gasteiger partial charge in [0.05, 0.1) is 5.02 Å². The summed E-state index contributed by atoms with van der Waals surface area (Å²) in [4.78, 5) is 28.9. The van der Waals surface area contributed by atoms with E-state index in [1.807, 2.05) is 48.5 Å². The Kier molecular flexibility index (Phi) is 6.68. The fourth-order valence-corrected chi connectivity index (χ4v) is 4.62. The second kappa shape index (κ2) is 9.80. The van der Waals surface area contributed by atoms with Crippen LogP contribution in [0.1, 0.15) is 25.7 Å². The van der Waals surface area contributed by atoms with Crippen LogP contribution in [0.25, 0.3) is 10.1 Å². The Morgan fingerprint density at radius 1 is 1.03 bits per heavy atom. The van der Waals surface area contributed by atoms with Crippen molar-refractivity contribution in [1.82, 2.24) is 15.6 Å². The van der Waals surface area contributed by atoms with Gasteiger partial charge in [-0.25, -0.2) is 0 Å². The number of hydrogen-bond acceptors (Lipinski definition) is 5. The van der Waals surface area contributed by atoms with Crippen molar-refractivity contribution in [2.45, 2.75) is 6.42 Å². The predicted molar refractivity (Wildman–Crippen MR) is 127 cm³/mol. The van der Waals surface area contributed by atoms with E-state index in [1.165, 1.54) is 17.5 Å². The molecule has 2 heterocycles. The van der Waals surface area contributed by atoms with Crippen LogP contribution in [0.2, 0.25) is 5.02 Å². The Labute approximate surface area is 194 Å². The van der Waals surface area contributed by atoms with Crippen LogP contribution in [0.4, 0.5) is 0 Å². The number of benzene rings is 2. The summed E-state index contributed by atoms with van der Waals surface area (Å²) >= 11 is 7.78. The number of nitrogens with zero attached hydrogens (tertiary/aromatic N) is 1. The molecule has 32 heavy (non-hydrogen) atoms. The van der Waals surface area contributed by atoms with Crippen LogP contribution in [0.3, 0.4) is 0 Å². The van der Waals surface area contributed by atoms with E-state index >= 15 is 0 Å². The van der Waals surface area contributed by atoms with E-state index in [2.05, 4.69) is 15.6 Å². The van der Waals surface area contributed by atoms with Crippen LogP contribution >= 0.6 is 22.9 Å². The molecule has 4 aromatic rings. The highest BCUT2D eigenvalue weighted by atomic mass is 35.5. The summed E-state index contributed by atoms with van der Waals surface area (Å²) in [6.45, 7) is 0.461. The van der Waals surface area contributed by atoms with Gasteiger partial charge in [0.1, 0.15) is 22.1 Å². The summed E-state index contributed by atoms with van der Waals surface area (Å²) in [5.74, 6) is 0.694. The molecule has 0 aliphatic carbocycles. The first-order chi connectivity index (χ1) is 15.5. The van der Waals surface area contributed by atoms with Gasteiger partial charge in [0.25, 0.3) is 11.8 Å². The fraction of sp³-hybridized carbons (Fsp3) is 0.125. The lowest BCUT2D eigenvalue weighted by Crippen LogP contribution is -2.25. The molecule has 4 rings (SSSR count). The summed E-state index contributed by atoms with van der Waals surface area (Å²) < 4.78 is 6.87. The molecular formula is C24H20ClN3O3S. The first-order valence-electron chi connectivity index (χ1n) is 9.95. The Morgan fingerprint density at radius 3 is 2.66 bits per heavy atom. The van der Waals surface area contributed by atoms with Crippen LogP contribution in [-0.4, -0.2) is 30.4 Å². The minimum absolute atomic E-state index is 0.179. The number of ether oxygens (including phenoxy) is 1. The number of amides is 2. The van der Waals surface area contributed by atoms with Gasteiger partial charge in [-0.2, -0.15) is 0 Å². The van der Waals surface area contributed by atoms with Gasteiger partial charge in [-0.1, -0.05) is 41.9 Å². The summed E-state index contributed by atoms with van der Waals surface area (Å²) in [6.07, 6.45) is 2.16. The SMILES string of the molecule is CNC(=O)c1cc(Oc2cccc(CCNC(=O)c3sc4ccccc4c3Cl)c2)ccn1. The molecular weight excluding hydrogens is 446 g/mol. The molecule has 0 atom stereocenters.